The number of rotatable bonds is 3. The molecule has 0 saturated carbocycles. The molecular weight excluding hydrogens is 277 g/mol. The quantitative estimate of drug-likeness (QED) is 0.689. The van der Waals surface area contributed by atoms with Gasteiger partial charge in [-0.3, -0.25) is 9.55 Å². The highest BCUT2D eigenvalue weighted by molar-refractivity contribution is 6.17. The van der Waals surface area contributed by atoms with E-state index in [1.165, 1.54) is 12.1 Å². The second-order valence-electron chi connectivity index (χ2n) is 4.60. The highest BCUT2D eigenvalue weighted by Crippen LogP contribution is 2.24. The maximum absolute atomic E-state index is 13.6. The minimum Gasteiger partial charge on any atom is -0.296 e. The molecule has 0 atom stereocenters. The summed E-state index contributed by atoms with van der Waals surface area (Å²) in [4.78, 5) is 8.62. The molecule has 0 aliphatic heterocycles. The van der Waals surface area contributed by atoms with Gasteiger partial charge in [-0.2, -0.15) is 0 Å². The molecule has 0 N–H and O–H groups in total. The van der Waals surface area contributed by atoms with E-state index in [9.17, 15) is 4.39 Å². The van der Waals surface area contributed by atoms with E-state index in [1.54, 1.807) is 18.5 Å². The lowest BCUT2D eigenvalue weighted by atomic mass is 10.2. The van der Waals surface area contributed by atoms with Gasteiger partial charge in [0.1, 0.15) is 17.2 Å². The van der Waals surface area contributed by atoms with Crippen LogP contribution in [0.3, 0.4) is 0 Å². The van der Waals surface area contributed by atoms with Crippen molar-refractivity contribution < 1.29 is 4.39 Å². The third-order valence-electron chi connectivity index (χ3n) is 3.26. The molecule has 0 amide bonds. The average molecular weight is 290 g/mol. The third-order valence-corrected chi connectivity index (χ3v) is 3.45. The Hall–Kier alpha value is -1.94. The third kappa shape index (κ3) is 2.16. The summed E-state index contributed by atoms with van der Waals surface area (Å²) in [7, 11) is 0. The van der Waals surface area contributed by atoms with Crippen LogP contribution in [0.2, 0.25) is 0 Å². The highest BCUT2D eigenvalue weighted by Gasteiger charge is 2.14. The van der Waals surface area contributed by atoms with E-state index >= 15 is 0 Å². The van der Waals surface area contributed by atoms with Crippen molar-refractivity contribution in [3.63, 3.8) is 0 Å². The molecule has 3 rings (SSSR count). The van der Waals surface area contributed by atoms with Gasteiger partial charge < -0.3 is 0 Å². The monoisotopic (exact) mass is 289 g/mol. The molecule has 0 aliphatic rings. The zero-order valence-electron chi connectivity index (χ0n) is 11.0. The average Bonchev–Trinajstić information content (AvgIpc) is 2.80. The van der Waals surface area contributed by atoms with E-state index in [4.69, 9.17) is 11.6 Å². The predicted molar refractivity (Wildman–Crippen MR) is 78.0 cm³/mol. The van der Waals surface area contributed by atoms with Crippen LogP contribution in [0.4, 0.5) is 4.39 Å². The topological polar surface area (TPSA) is 30.7 Å². The number of aryl methyl sites for hydroxylation is 2. The summed E-state index contributed by atoms with van der Waals surface area (Å²) < 4.78 is 15.5. The van der Waals surface area contributed by atoms with Crippen LogP contribution < -0.4 is 0 Å². The largest absolute Gasteiger partial charge is 0.296 e. The van der Waals surface area contributed by atoms with E-state index in [-0.39, 0.29) is 5.82 Å². The number of nitrogens with zero attached hydrogens (tertiary/aromatic N) is 3. The van der Waals surface area contributed by atoms with Crippen molar-refractivity contribution in [2.24, 2.45) is 0 Å². The normalized spacial score (nSPS) is 11.2. The molecule has 0 aliphatic carbocycles. The van der Waals surface area contributed by atoms with Crippen molar-refractivity contribution in [3.05, 3.63) is 53.9 Å². The summed E-state index contributed by atoms with van der Waals surface area (Å²) in [6.07, 6.45) is 4.03. The number of benzene rings is 1. The summed E-state index contributed by atoms with van der Waals surface area (Å²) in [6.45, 7) is 1.95. The van der Waals surface area contributed by atoms with Gasteiger partial charge in [-0.05, 0) is 30.7 Å². The summed E-state index contributed by atoms with van der Waals surface area (Å²) in [5.74, 6) is 1.01. The lowest BCUT2D eigenvalue weighted by Crippen LogP contribution is -2.04. The fourth-order valence-corrected chi connectivity index (χ4v) is 2.50. The molecule has 0 saturated heterocycles. The van der Waals surface area contributed by atoms with Gasteiger partial charge in [0.15, 0.2) is 0 Å². The van der Waals surface area contributed by atoms with Gasteiger partial charge in [-0.1, -0.05) is 6.07 Å². The Morgan fingerprint density at radius 3 is 2.95 bits per heavy atom. The van der Waals surface area contributed by atoms with Gasteiger partial charge in [0.25, 0.3) is 0 Å². The van der Waals surface area contributed by atoms with E-state index < -0.39 is 0 Å². The van der Waals surface area contributed by atoms with Gasteiger partial charge in [0, 0.05) is 18.5 Å². The van der Waals surface area contributed by atoms with Crippen LogP contribution in [-0.2, 0) is 6.42 Å². The zero-order valence-corrected chi connectivity index (χ0v) is 11.7. The fraction of sp³-hybridized carbons (Fsp3) is 0.200. The van der Waals surface area contributed by atoms with Gasteiger partial charge in [-0.25, -0.2) is 9.37 Å². The summed E-state index contributed by atoms with van der Waals surface area (Å²) in [5.41, 5.74) is 3.47. The standard InChI is InChI=1S/C15H13ClFN3/c1-10-2-3-11(17)8-14(10)20-13-5-7-18-9-12(13)19-15(20)4-6-16/h2-3,5,7-9H,4,6H2,1H3. The molecule has 3 nitrogen and oxygen atoms in total. The molecule has 0 fully saturated rings. The van der Waals surface area contributed by atoms with E-state index in [2.05, 4.69) is 9.97 Å². The van der Waals surface area contributed by atoms with E-state index in [1.807, 2.05) is 17.6 Å². The number of pyridine rings is 1. The minimum absolute atomic E-state index is 0.265. The minimum atomic E-state index is -0.265. The molecule has 2 aromatic heterocycles. The summed E-state index contributed by atoms with van der Waals surface area (Å²) >= 11 is 5.85. The molecule has 0 radical (unpaired) electrons. The highest BCUT2D eigenvalue weighted by atomic mass is 35.5. The van der Waals surface area contributed by atoms with Crippen molar-refractivity contribution in [3.8, 4) is 5.69 Å². The van der Waals surface area contributed by atoms with Gasteiger partial charge >= 0.3 is 0 Å². The van der Waals surface area contributed by atoms with Crippen molar-refractivity contribution in [2.75, 3.05) is 5.88 Å². The van der Waals surface area contributed by atoms with Crippen LogP contribution in [-0.4, -0.2) is 20.4 Å². The second kappa shape index (κ2) is 5.21. The second-order valence-corrected chi connectivity index (χ2v) is 4.98. The molecule has 5 heteroatoms. The molecule has 3 aromatic rings. The van der Waals surface area contributed by atoms with Crippen molar-refractivity contribution in [1.29, 1.82) is 0 Å². The molecule has 2 heterocycles. The maximum atomic E-state index is 13.6. The van der Waals surface area contributed by atoms with Crippen LogP contribution in [0.1, 0.15) is 11.4 Å². The Balaban J connectivity index is 2.33. The van der Waals surface area contributed by atoms with Crippen LogP contribution in [0.15, 0.2) is 36.7 Å². The first-order chi connectivity index (χ1) is 9.70. The van der Waals surface area contributed by atoms with Gasteiger partial charge in [0.2, 0.25) is 0 Å². The maximum Gasteiger partial charge on any atom is 0.125 e. The Kier molecular flexibility index (Phi) is 3.40. The van der Waals surface area contributed by atoms with E-state index in [0.717, 1.165) is 28.1 Å². The number of halogens is 2. The summed E-state index contributed by atoms with van der Waals surface area (Å²) in [5, 5.41) is 0. The molecular formula is C15H13ClFN3. The first-order valence-electron chi connectivity index (χ1n) is 6.34. The number of imidazole rings is 1. The number of hydrogen-bond acceptors (Lipinski definition) is 2. The van der Waals surface area contributed by atoms with Crippen molar-refractivity contribution in [1.82, 2.24) is 14.5 Å². The van der Waals surface area contributed by atoms with Crippen molar-refractivity contribution >= 4 is 22.6 Å². The fourth-order valence-electron chi connectivity index (χ4n) is 2.33. The number of aromatic nitrogens is 3. The molecule has 1 aromatic carbocycles. The molecule has 20 heavy (non-hydrogen) atoms. The predicted octanol–water partition coefficient (Wildman–Crippen LogP) is 3.65. The Morgan fingerprint density at radius 1 is 1.30 bits per heavy atom. The molecule has 0 unspecified atom stereocenters. The smallest absolute Gasteiger partial charge is 0.125 e. The van der Waals surface area contributed by atoms with E-state index in [0.29, 0.717) is 12.3 Å². The van der Waals surface area contributed by atoms with Gasteiger partial charge in [-0.15, -0.1) is 11.6 Å². The SMILES string of the molecule is Cc1ccc(F)cc1-n1c(CCCl)nc2cnccc21. The zero-order chi connectivity index (χ0) is 14.1. The number of hydrogen-bond donors (Lipinski definition) is 0. The number of alkyl halides is 1. The van der Waals surface area contributed by atoms with Crippen LogP contribution in [0.25, 0.3) is 16.7 Å². The van der Waals surface area contributed by atoms with Gasteiger partial charge in [0.05, 0.1) is 17.4 Å². The molecule has 0 spiro atoms. The lowest BCUT2D eigenvalue weighted by Gasteiger charge is -2.11. The first kappa shape index (κ1) is 13.1. The van der Waals surface area contributed by atoms with Crippen molar-refractivity contribution in [2.45, 2.75) is 13.3 Å². The molecule has 102 valence electrons. The van der Waals surface area contributed by atoms with Crippen LogP contribution >= 0.6 is 11.6 Å². The first-order valence-corrected chi connectivity index (χ1v) is 6.88. The number of fused-ring (bicyclic) bond motifs is 1. The lowest BCUT2D eigenvalue weighted by molar-refractivity contribution is 0.626. The Bertz CT molecular complexity index is 767. The summed E-state index contributed by atoms with van der Waals surface area (Å²) in [6, 6.07) is 6.63. The van der Waals surface area contributed by atoms with Crippen LogP contribution in [0, 0.1) is 12.7 Å². The molecule has 0 bridgehead atoms. The Labute approximate surface area is 121 Å². The van der Waals surface area contributed by atoms with Crippen LogP contribution in [0.5, 0.6) is 0 Å². The Morgan fingerprint density at radius 2 is 2.15 bits per heavy atom.